The number of amides is 4. The van der Waals surface area contributed by atoms with E-state index in [9.17, 15) is 29.1 Å². The second-order valence-corrected chi connectivity index (χ2v) is 10.9. The van der Waals surface area contributed by atoms with Crippen LogP contribution in [0.15, 0.2) is 24.3 Å². The predicted molar refractivity (Wildman–Crippen MR) is 143 cm³/mol. The van der Waals surface area contributed by atoms with Gasteiger partial charge in [0.1, 0.15) is 23.4 Å². The number of phenolic OH excluding ortho intramolecular Hbond substituents is 1. The van der Waals surface area contributed by atoms with Crippen LogP contribution in [-0.2, 0) is 28.7 Å². The average Bonchev–Trinajstić information content (AvgIpc) is 2.78. The fraction of sp³-hybridized carbons (Fsp3) is 0.593. The summed E-state index contributed by atoms with van der Waals surface area (Å²) in [5.74, 6) is -2.80. The Hall–Kier alpha value is -3.83. The summed E-state index contributed by atoms with van der Waals surface area (Å²) < 4.78 is 10.2. The smallest absolute Gasteiger partial charge is 0.408 e. The number of carbonyl (C=O) groups is 5. The number of alkyl carbamates (subject to hydrolysis) is 1. The molecule has 0 bridgehead atoms. The van der Waals surface area contributed by atoms with Gasteiger partial charge in [0.2, 0.25) is 17.7 Å². The first-order valence-corrected chi connectivity index (χ1v) is 12.8. The van der Waals surface area contributed by atoms with E-state index in [0.717, 1.165) is 0 Å². The Bertz CT molecular complexity index is 1030. The Labute approximate surface area is 229 Å². The summed E-state index contributed by atoms with van der Waals surface area (Å²) in [6.07, 6.45) is -1.37. The van der Waals surface area contributed by atoms with E-state index in [-0.39, 0.29) is 43.7 Å². The van der Waals surface area contributed by atoms with Crippen molar-refractivity contribution in [3.05, 3.63) is 29.8 Å². The van der Waals surface area contributed by atoms with Gasteiger partial charge in [-0.2, -0.15) is 0 Å². The highest BCUT2D eigenvalue weighted by atomic mass is 16.6. The molecule has 12 nitrogen and oxygen atoms in total. The van der Waals surface area contributed by atoms with Crippen molar-refractivity contribution in [2.75, 3.05) is 13.2 Å². The molecule has 0 radical (unpaired) electrons. The molecule has 1 aromatic carbocycles. The minimum atomic E-state index is -1.36. The quantitative estimate of drug-likeness (QED) is 0.286. The molecule has 2 unspecified atom stereocenters. The van der Waals surface area contributed by atoms with Crippen LogP contribution < -0.4 is 16.4 Å². The number of aromatic hydroxyl groups is 1. The number of benzene rings is 1. The number of nitrogens with one attached hydrogen (secondary N) is 2. The third-order valence-corrected chi connectivity index (χ3v) is 5.30. The molecule has 0 aliphatic rings. The van der Waals surface area contributed by atoms with Crippen molar-refractivity contribution in [3.8, 4) is 5.75 Å². The van der Waals surface area contributed by atoms with Crippen molar-refractivity contribution >= 4 is 29.8 Å². The molecule has 5 N–H and O–H groups in total. The number of nitrogens with two attached hydrogens (primary N) is 1. The summed E-state index contributed by atoms with van der Waals surface area (Å²) in [6, 6.07) is 3.39. The Morgan fingerprint density at radius 2 is 1.64 bits per heavy atom. The molecule has 2 atom stereocenters. The van der Waals surface area contributed by atoms with Crippen molar-refractivity contribution in [3.63, 3.8) is 0 Å². The second kappa shape index (κ2) is 14.4. The minimum Gasteiger partial charge on any atom is -0.508 e. The number of nitrogens with zero attached hydrogens (tertiary/aromatic N) is 1. The maximum Gasteiger partial charge on any atom is 0.408 e. The summed E-state index contributed by atoms with van der Waals surface area (Å²) in [4.78, 5) is 64.8. The van der Waals surface area contributed by atoms with E-state index in [1.54, 1.807) is 60.6 Å². The molecule has 0 aliphatic heterocycles. The highest BCUT2D eigenvalue weighted by molar-refractivity contribution is 5.93. The molecule has 0 heterocycles. The number of ether oxygens (including phenoxy) is 2. The van der Waals surface area contributed by atoms with Gasteiger partial charge < -0.3 is 35.8 Å². The van der Waals surface area contributed by atoms with Gasteiger partial charge in [0, 0.05) is 24.1 Å². The third kappa shape index (κ3) is 11.2. The fourth-order valence-electron chi connectivity index (χ4n) is 3.74. The van der Waals surface area contributed by atoms with Crippen LogP contribution in [0.5, 0.6) is 5.75 Å². The number of esters is 1. The molecule has 1 rings (SSSR count). The normalized spacial score (nSPS) is 13.0. The lowest BCUT2D eigenvalue weighted by Crippen LogP contribution is -2.58. The lowest BCUT2D eigenvalue weighted by atomic mass is 9.94. The van der Waals surface area contributed by atoms with E-state index < -0.39 is 53.0 Å². The Morgan fingerprint density at radius 3 is 2.15 bits per heavy atom. The van der Waals surface area contributed by atoms with Gasteiger partial charge in [0.25, 0.3) is 0 Å². The Balaban J connectivity index is 3.51. The molecule has 218 valence electrons. The lowest BCUT2D eigenvalue weighted by molar-refractivity contribution is -0.149. The van der Waals surface area contributed by atoms with E-state index >= 15 is 0 Å². The molecule has 0 aliphatic carbocycles. The molecule has 12 heteroatoms. The standard InChI is InChI=1S/C27H42N4O8/c1-8-38-21(34)15-16-29-23(35)22(17-11-9-10-12-19(17)32)31(26(2,3)4)24(36)18(13-14-20(28)33)30-25(37)39-27(5,6)7/h9-12,18,22,32H,8,13-16H2,1-7H3,(H2,28,33)(H,29,35)(H,30,37). The lowest BCUT2D eigenvalue weighted by Gasteiger charge is -2.43. The molecule has 0 saturated carbocycles. The monoisotopic (exact) mass is 550 g/mol. The van der Waals surface area contributed by atoms with E-state index in [0.29, 0.717) is 0 Å². The van der Waals surface area contributed by atoms with Gasteiger partial charge in [-0.1, -0.05) is 18.2 Å². The summed E-state index contributed by atoms with van der Waals surface area (Å²) >= 11 is 0. The number of hydrogen-bond donors (Lipinski definition) is 4. The largest absolute Gasteiger partial charge is 0.508 e. The first kappa shape index (κ1) is 33.2. The Kier molecular flexibility index (Phi) is 12.2. The predicted octanol–water partition coefficient (Wildman–Crippen LogP) is 2.29. The van der Waals surface area contributed by atoms with Crippen LogP contribution in [0.2, 0.25) is 0 Å². The number of hydrogen-bond acceptors (Lipinski definition) is 8. The maximum absolute atomic E-state index is 14.1. The number of carbonyl (C=O) groups excluding carboxylic acids is 5. The van der Waals surface area contributed by atoms with Gasteiger partial charge in [-0.15, -0.1) is 0 Å². The number of primary amides is 1. The molecule has 1 aromatic rings. The molecule has 0 fully saturated rings. The van der Waals surface area contributed by atoms with Gasteiger partial charge in [-0.3, -0.25) is 19.2 Å². The molecule has 39 heavy (non-hydrogen) atoms. The topological polar surface area (TPSA) is 177 Å². The van der Waals surface area contributed by atoms with Crippen LogP contribution in [-0.4, -0.2) is 70.1 Å². The molecule has 4 amide bonds. The number of para-hydroxylation sites is 1. The Morgan fingerprint density at radius 1 is 1.03 bits per heavy atom. The second-order valence-electron chi connectivity index (χ2n) is 10.9. The van der Waals surface area contributed by atoms with Crippen LogP contribution in [0.1, 0.15) is 79.3 Å². The van der Waals surface area contributed by atoms with Crippen LogP contribution in [0.3, 0.4) is 0 Å². The minimum absolute atomic E-state index is 0.0742. The zero-order chi connectivity index (χ0) is 30.0. The van der Waals surface area contributed by atoms with E-state index in [1.807, 2.05) is 0 Å². The highest BCUT2D eigenvalue weighted by Crippen LogP contribution is 2.34. The molecule has 0 spiro atoms. The van der Waals surface area contributed by atoms with Gasteiger partial charge >= 0.3 is 12.1 Å². The molecular weight excluding hydrogens is 508 g/mol. The molecular formula is C27H42N4O8. The average molecular weight is 551 g/mol. The third-order valence-electron chi connectivity index (χ3n) is 5.30. The van der Waals surface area contributed by atoms with E-state index in [2.05, 4.69) is 10.6 Å². The van der Waals surface area contributed by atoms with Crippen molar-refractivity contribution in [1.82, 2.24) is 15.5 Å². The van der Waals surface area contributed by atoms with Gasteiger partial charge in [-0.25, -0.2) is 4.79 Å². The molecule has 0 aromatic heterocycles. The van der Waals surface area contributed by atoms with E-state index in [4.69, 9.17) is 15.2 Å². The van der Waals surface area contributed by atoms with Crippen molar-refractivity contribution in [2.45, 2.75) is 91.0 Å². The summed E-state index contributed by atoms with van der Waals surface area (Å²) in [7, 11) is 0. The summed E-state index contributed by atoms with van der Waals surface area (Å²) in [5, 5.41) is 15.8. The zero-order valence-corrected chi connectivity index (χ0v) is 23.8. The van der Waals surface area contributed by atoms with Gasteiger partial charge in [0.15, 0.2) is 0 Å². The van der Waals surface area contributed by atoms with Crippen LogP contribution in [0.4, 0.5) is 4.79 Å². The highest BCUT2D eigenvalue weighted by Gasteiger charge is 2.42. The maximum atomic E-state index is 14.1. The van der Waals surface area contributed by atoms with Crippen LogP contribution in [0.25, 0.3) is 0 Å². The van der Waals surface area contributed by atoms with E-state index in [1.165, 1.54) is 17.0 Å². The molecule has 0 saturated heterocycles. The number of rotatable bonds is 12. The number of phenols is 1. The summed E-state index contributed by atoms with van der Waals surface area (Å²) in [5.41, 5.74) is 3.55. The van der Waals surface area contributed by atoms with Crippen LogP contribution in [0, 0.1) is 0 Å². The zero-order valence-electron chi connectivity index (χ0n) is 23.8. The fourth-order valence-corrected chi connectivity index (χ4v) is 3.74. The van der Waals surface area contributed by atoms with Gasteiger partial charge in [0.05, 0.1) is 13.0 Å². The SMILES string of the molecule is CCOC(=O)CCNC(=O)C(c1ccccc1O)N(C(=O)C(CCC(N)=O)NC(=O)OC(C)(C)C)C(C)(C)C. The first-order valence-electron chi connectivity index (χ1n) is 12.8. The van der Waals surface area contributed by atoms with Crippen molar-refractivity contribution in [1.29, 1.82) is 0 Å². The van der Waals surface area contributed by atoms with Crippen LogP contribution >= 0.6 is 0 Å². The van der Waals surface area contributed by atoms with Crippen molar-refractivity contribution < 1.29 is 38.6 Å². The summed E-state index contributed by atoms with van der Waals surface area (Å²) in [6.45, 7) is 11.8. The first-order chi connectivity index (χ1) is 18.0. The van der Waals surface area contributed by atoms with Crippen molar-refractivity contribution in [2.24, 2.45) is 5.73 Å². The van der Waals surface area contributed by atoms with Gasteiger partial charge in [-0.05, 0) is 61.0 Å².